The van der Waals surface area contributed by atoms with E-state index in [1.54, 1.807) is 24.7 Å². The molecule has 26 heavy (non-hydrogen) atoms. The number of pyridine rings is 1. The van der Waals surface area contributed by atoms with E-state index in [1.165, 1.54) is 8.61 Å². The summed E-state index contributed by atoms with van der Waals surface area (Å²) in [5.41, 5.74) is 1.25. The summed E-state index contributed by atoms with van der Waals surface area (Å²) in [4.78, 5) is 19.3. The maximum absolute atomic E-state index is 13.2. The van der Waals surface area contributed by atoms with E-state index in [4.69, 9.17) is 0 Å². The normalized spacial score (nSPS) is 24.3. The zero-order valence-electron chi connectivity index (χ0n) is 14.9. The highest BCUT2D eigenvalue weighted by Gasteiger charge is 2.42. The summed E-state index contributed by atoms with van der Waals surface area (Å²) in [5.74, 6) is 0.0779. The standard InChI is InChI=1S/C17H23N5O3S/c1-19(2)26(24,25)20-10-13-6-7-14(12-20)22(11-13)17(23)15-9-18-16-5-3-4-8-21(15)16/h3-5,8-9,13-14H,6-7,10-12H2,1-2H3/t13-,14+/m1/s1. The molecule has 140 valence electrons. The van der Waals surface area contributed by atoms with Crippen molar-refractivity contribution in [2.45, 2.75) is 18.9 Å². The van der Waals surface area contributed by atoms with Crippen LogP contribution in [0.5, 0.6) is 0 Å². The quantitative estimate of drug-likeness (QED) is 0.788. The van der Waals surface area contributed by atoms with E-state index < -0.39 is 10.2 Å². The van der Waals surface area contributed by atoms with Gasteiger partial charge in [0.1, 0.15) is 11.3 Å². The first-order chi connectivity index (χ1) is 12.4. The second-order valence-corrected chi connectivity index (χ2v) is 9.38. The second-order valence-electron chi connectivity index (χ2n) is 7.23. The van der Waals surface area contributed by atoms with Gasteiger partial charge in [0.15, 0.2) is 0 Å². The number of hydrogen-bond acceptors (Lipinski definition) is 4. The number of rotatable bonds is 3. The molecule has 3 fully saturated rings. The predicted octanol–water partition coefficient (Wildman–Crippen LogP) is 0.677. The van der Waals surface area contributed by atoms with E-state index in [0.717, 1.165) is 18.5 Å². The summed E-state index contributed by atoms with van der Waals surface area (Å²) in [7, 11) is -0.385. The van der Waals surface area contributed by atoms with Crippen molar-refractivity contribution in [2.75, 3.05) is 33.7 Å². The summed E-state index contributed by atoms with van der Waals surface area (Å²) < 4.78 is 29.7. The number of nitrogens with zero attached hydrogens (tertiary/aromatic N) is 5. The number of aromatic nitrogens is 2. The van der Waals surface area contributed by atoms with Crippen LogP contribution in [0.1, 0.15) is 23.3 Å². The number of hydrogen-bond donors (Lipinski definition) is 0. The van der Waals surface area contributed by atoms with Crippen LogP contribution in [-0.4, -0.2) is 77.0 Å². The Kier molecular flexibility index (Phi) is 4.25. The van der Waals surface area contributed by atoms with Gasteiger partial charge in [-0.25, -0.2) is 4.98 Å². The summed E-state index contributed by atoms with van der Waals surface area (Å²) >= 11 is 0. The number of carbonyl (C=O) groups excluding carboxylic acids is 1. The molecule has 2 aromatic heterocycles. The first-order valence-corrected chi connectivity index (χ1v) is 10.2. The number of amides is 1. The van der Waals surface area contributed by atoms with Gasteiger partial charge in [-0.1, -0.05) is 6.07 Å². The molecule has 0 aliphatic carbocycles. The average molecular weight is 377 g/mol. The van der Waals surface area contributed by atoms with Crippen LogP contribution in [0, 0.1) is 5.92 Å². The molecule has 5 heterocycles. The van der Waals surface area contributed by atoms with Gasteiger partial charge >= 0.3 is 0 Å². The summed E-state index contributed by atoms with van der Waals surface area (Å²) in [5, 5.41) is 0. The smallest absolute Gasteiger partial charge is 0.281 e. The van der Waals surface area contributed by atoms with Crippen LogP contribution >= 0.6 is 0 Å². The third kappa shape index (κ3) is 2.80. The fourth-order valence-electron chi connectivity index (χ4n) is 3.94. The van der Waals surface area contributed by atoms with Gasteiger partial charge in [0.05, 0.1) is 6.20 Å². The van der Waals surface area contributed by atoms with Crippen LogP contribution < -0.4 is 0 Å². The van der Waals surface area contributed by atoms with E-state index in [1.807, 2.05) is 29.3 Å². The fraction of sp³-hybridized carbons (Fsp3) is 0.529. The Morgan fingerprint density at radius 1 is 1.19 bits per heavy atom. The molecule has 5 rings (SSSR count). The molecule has 0 saturated carbocycles. The Morgan fingerprint density at radius 2 is 2.00 bits per heavy atom. The van der Waals surface area contributed by atoms with Gasteiger partial charge in [-0.2, -0.15) is 17.0 Å². The molecule has 0 unspecified atom stereocenters. The van der Waals surface area contributed by atoms with Crippen LogP contribution in [0.2, 0.25) is 0 Å². The SMILES string of the molecule is CN(C)S(=O)(=O)N1C[C@H]2CC[C@@H](C1)N(C(=O)c1cnc3ccccn13)C2. The first kappa shape index (κ1) is 17.4. The molecule has 0 N–H and O–H groups in total. The molecule has 0 aromatic carbocycles. The van der Waals surface area contributed by atoms with Crippen molar-refractivity contribution in [3.05, 3.63) is 36.3 Å². The molecule has 2 aromatic rings. The minimum Gasteiger partial charge on any atom is -0.333 e. The van der Waals surface area contributed by atoms with Gasteiger partial charge in [0.25, 0.3) is 16.1 Å². The van der Waals surface area contributed by atoms with Gasteiger partial charge in [-0.05, 0) is 30.9 Å². The molecule has 1 amide bonds. The van der Waals surface area contributed by atoms with Crippen LogP contribution in [0.3, 0.4) is 0 Å². The van der Waals surface area contributed by atoms with Crippen molar-refractivity contribution in [1.82, 2.24) is 22.9 Å². The Bertz CT molecular complexity index is 939. The zero-order valence-corrected chi connectivity index (χ0v) is 15.8. The van der Waals surface area contributed by atoms with Crippen molar-refractivity contribution >= 4 is 21.8 Å². The molecular formula is C17H23N5O3S. The van der Waals surface area contributed by atoms with Crippen LogP contribution in [0.4, 0.5) is 0 Å². The molecule has 3 aliphatic rings. The number of fused-ring (bicyclic) bond motifs is 5. The molecule has 8 nitrogen and oxygen atoms in total. The highest BCUT2D eigenvalue weighted by molar-refractivity contribution is 7.86. The molecule has 2 bridgehead atoms. The molecule has 0 spiro atoms. The molecule has 3 aliphatic heterocycles. The third-order valence-electron chi connectivity index (χ3n) is 5.36. The lowest BCUT2D eigenvalue weighted by molar-refractivity contribution is 0.0581. The van der Waals surface area contributed by atoms with E-state index in [0.29, 0.717) is 25.3 Å². The number of imidazole rings is 1. The minimum atomic E-state index is -3.48. The van der Waals surface area contributed by atoms with E-state index >= 15 is 0 Å². The maximum atomic E-state index is 13.2. The summed E-state index contributed by atoms with van der Waals surface area (Å²) in [6.45, 7) is 1.40. The fourth-order valence-corrected chi connectivity index (χ4v) is 5.17. The average Bonchev–Trinajstić information content (AvgIpc) is 2.82. The van der Waals surface area contributed by atoms with Crippen molar-refractivity contribution in [2.24, 2.45) is 5.92 Å². The Labute approximate surface area is 153 Å². The number of piperidine rings is 1. The van der Waals surface area contributed by atoms with Crippen molar-refractivity contribution in [1.29, 1.82) is 0 Å². The Morgan fingerprint density at radius 3 is 2.77 bits per heavy atom. The minimum absolute atomic E-state index is 0.0810. The highest BCUT2D eigenvalue weighted by atomic mass is 32.2. The van der Waals surface area contributed by atoms with Gasteiger partial charge < -0.3 is 4.90 Å². The van der Waals surface area contributed by atoms with E-state index in [9.17, 15) is 13.2 Å². The lowest BCUT2D eigenvalue weighted by Gasteiger charge is -2.36. The third-order valence-corrected chi connectivity index (χ3v) is 7.24. The largest absolute Gasteiger partial charge is 0.333 e. The van der Waals surface area contributed by atoms with Crippen molar-refractivity contribution < 1.29 is 13.2 Å². The first-order valence-electron chi connectivity index (χ1n) is 8.78. The highest BCUT2D eigenvalue weighted by Crippen LogP contribution is 2.30. The second kappa shape index (κ2) is 6.33. The molecule has 3 saturated heterocycles. The van der Waals surface area contributed by atoms with Gasteiger partial charge in [0, 0.05) is 46.0 Å². The molecular weight excluding hydrogens is 354 g/mol. The number of carbonyl (C=O) groups is 1. The molecule has 0 radical (unpaired) electrons. The van der Waals surface area contributed by atoms with Crippen molar-refractivity contribution in [3.8, 4) is 0 Å². The van der Waals surface area contributed by atoms with Crippen molar-refractivity contribution in [3.63, 3.8) is 0 Å². The summed E-state index contributed by atoms with van der Waals surface area (Å²) in [6, 6.07) is 5.50. The van der Waals surface area contributed by atoms with Crippen LogP contribution in [0.15, 0.2) is 30.6 Å². The Hall–Kier alpha value is -1.97. The molecule has 9 heteroatoms. The zero-order chi connectivity index (χ0) is 18.5. The maximum Gasteiger partial charge on any atom is 0.281 e. The lowest BCUT2D eigenvalue weighted by atomic mass is 9.95. The predicted molar refractivity (Wildman–Crippen MR) is 96.9 cm³/mol. The monoisotopic (exact) mass is 377 g/mol. The Balaban J connectivity index is 1.64. The van der Waals surface area contributed by atoms with E-state index in [-0.39, 0.29) is 17.9 Å². The van der Waals surface area contributed by atoms with Crippen LogP contribution in [0.25, 0.3) is 5.65 Å². The van der Waals surface area contributed by atoms with Gasteiger partial charge in [0.2, 0.25) is 0 Å². The summed E-state index contributed by atoms with van der Waals surface area (Å²) in [6.07, 6.45) is 5.20. The lowest BCUT2D eigenvalue weighted by Crippen LogP contribution is -2.48. The van der Waals surface area contributed by atoms with Gasteiger partial charge in [-0.15, -0.1) is 0 Å². The molecule has 2 atom stereocenters. The van der Waals surface area contributed by atoms with Crippen LogP contribution in [-0.2, 0) is 10.2 Å². The van der Waals surface area contributed by atoms with E-state index in [2.05, 4.69) is 4.98 Å². The van der Waals surface area contributed by atoms with Gasteiger partial charge in [-0.3, -0.25) is 9.20 Å². The topological polar surface area (TPSA) is 78.2 Å².